The van der Waals surface area contributed by atoms with Crippen molar-refractivity contribution in [2.45, 2.75) is 19.0 Å². The predicted octanol–water partition coefficient (Wildman–Crippen LogP) is 0.742. The third-order valence-electron chi connectivity index (χ3n) is 3.31. The molecule has 2 rings (SSSR count). The molecular weight excluding hydrogens is 250 g/mol. The number of nitrogens with zero attached hydrogens (tertiary/aromatic N) is 2. The third kappa shape index (κ3) is 3.20. The Morgan fingerprint density at radius 3 is 2.89 bits per heavy atom. The van der Waals surface area contributed by atoms with Crippen LogP contribution >= 0.6 is 0 Å². The lowest BCUT2D eigenvalue weighted by Gasteiger charge is -2.22. The van der Waals surface area contributed by atoms with Gasteiger partial charge in [-0.3, -0.25) is 4.90 Å². The van der Waals surface area contributed by atoms with Crippen molar-refractivity contribution < 1.29 is 8.42 Å². The molecule has 1 saturated heterocycles. The number of pyridine rings is 1. The summed E-state index contributed by atoms with van der Waals surface area (Å²) < 4.78 is 22.9. The van der Waals surface area contributed by atoms with E-state index in [2.05, 4.69) is 15.2 Å². The minimum atomic E-state index is -2.82. The minimum absolute atomic E-state index is 0.120. The molecule has 2 heterocycles. The molecule has 1 aromatic heterocycles. The van der Waals surface area contributed by atoms with Gasteiger partial charge in [-0.1, -0.05) is 6.07 Å². The Morgan fingerprint density at radius 2 is 2.28 bits per heavy atom. The number of hydrogen-bond acceptors (Lipinski definition) is 5. The van der Waals surface area contributed by atoms with E-state index >= 15 is 0 Å². The van der Waals surface area contributed by atoms with Gasteiger partial charge in [-0.15, -0.1) is 0 Å². The molecule has 0 spiro atoms. The summed E-state index contributed by atoms with van der Waals surface area (Å²) in [7, 11) is 0.970. The SMILES string of the molecule is CNc1cccc(CN(C)C2CCS(=O)(=O)C2)n1. The lowest BCUT2D eigenvalue weighted by Crippen LogP contribution is -2.32. The van der Waals surface area contributed by atoms with Crippen LogP contribution in [0.15, 0.2) is 18.2 Å². The molecule has 1 unspecified atom stereocenters. The van der Waals surface area contributed by atoms with Gasteiger partial charge in [-0.2, -0.15) is 0 Å². The summed E-state index contributed by atoms with van der Waals surface area (Å²) >= 11 is 0. The Kier molecular flexibility index (Phi) is 3.87. The van der Waals surface area contributed by atoms with Crippen LogP contribution in [0.3, 0.4) is 0 Å². The van der Waals surface area contributed by atoms with Crippen LogP contribution in [0.5, 0.6) is 0 Å². The molecule has 0 aromatic carbocycles. The molecule has 0 aliphatic carbocycles. The van der Waals surface area contributed by atoms with Crippen molar-refractivity contribution in [3.8, 4) is 0 Å². The first-order valence-electron chi connectivity index (χ1n) is 6.04. The zero-order valence-corrected chi connectivity index (χ0v) is 11.6. The molecule has 1 atom stereocenters. The second-order valence-corrected chi connectivity index (χ2v) is 6.96. The van der Waals surface area contributed by atoms with Crippen molar-refractivity contribution >= 4 is 15.7 Å². The van der Waals surface area contributed by atoms with Crippen LogP contribution in [-0.2, 0) is 16.4 Å². The summed E-state index contributed by atoms with van der Waals surface area (Å²) in [6.45, 7) is 0.676. The molecule has 1 aliphatic rings. The van der Waals surface area contributed by atoms with E-state index in [4.69, 9.17) is 0 Å². The Labute approximate surface area is 108 Å². The van der Waals surface area contributed by atoms with E-state index in [0.29, 0.717) is 12.3 Å². The van der Waals surface area contributed by atoms with E-state index in [0.717, 1.165) is 17.9 Å². The molecule has 0 radical (unpaired) electrons. The molecular formula is C12H19N3O2S. The fourth-order valence-electron chi connectivity index (χ4n) is 2.21. The first-order valence-corrected chi connectivity index (χ1v) is 7.86. The molecule has 1 aliphatic heterocycles. The summed E-state index contributed by atoms with van der Waals surface area (Å²) in [6, 6.07) is 5.94. The standard InChI is InChI=1S/C12H19N3O2S/c1-13-12-5-3-4-10(14-12)8-15(2)11-6-7-18(16,17)9-11/h3-5,11H,6-9H2,1-2H3,(H,13,14). The predicted molar refractivity (Wildman–Crippen MR) is 72.3 cm³/mol. The largest absolute Gasteiger partial charge is 0.373 e. The molecule has 18 heavy (non-hydrogen) atoms. The van der Waals surface area contributed by atoms with Gasteiger partial charge >= 0.3 is 0 Å². The maximum absolute atomic E-state index is 11.4. The van der Waals surface area contributed by atoms with E-state index < -0.39 is 9.84 Å². The van der Waals surface area contributed by atoms with Gasteiger partial charge in [0.05, 0.1) is 17.2 Å². The van der Waals surface area contributed by atoms with Crippen molar-refractivity contribution in [1.82, 2.24) is 9.88 Å². The highest BCUT2D eigenvalue weighted by Crippen LogP contribution is 2.18. The monoisotopic (exact) mass is 269 g/mol. The summed E-state index contributed by atoms with van der Waals surface area (Å²) in [6.07, 6.45) is 0.727. The van der Waals surface area contributed by atoms with Crippen LogP contribution in [0.1, 0.15) is 12.1 Å². The first kappa shape index (κ1) is 13.3. The average molecular weight is 269 g/mol. The summed E-state index contributed by atoms with van der Waals surface area (Å²) in [4.78, 5) is 6.51. The van der Waals surface area contributed by atoms with Crippen molar-refractivity contribution in [1.29, 1.82) is 0 Å². The van der Waals surface area contributed by atoms with E-state index in [1.54, 1.807) is 0 Å². The van der Waals surface area contributed by atoms with Crippen LogP contribution in [-0.4, -0.2) is 49.9 Å². The Bertz CT molecular complexity index is 516. The van der Waals surface area contributed by atoms with Crippen LogP contribution < -0.4 is 5.32 Å². The first-order chi connectivity index (χ1) is 8.50. The Hall–Kier alpha value is -1.14. The third-order valence-corrected chi connectivity index (χ3v) is 5.06. The van der Waals surface area contributed by atoms with E-state index in [1.165, 1.54) is 0 Å². The van der Waals surface area contributed by atoms with Crippen molar-refractivity contribution in [2.24, 2.45) is 0 Å². The van der Waals surface area contributed by atoms with E-state index in [-0.39, 0.29) is 11.8 Å². The maximum atomic E-state index is 11.4. The van der Waals surface area contributed by atoms with Gasteiger partial charge in [-0.05, 0) is 25.6 Å². The highest BCUT2D eigenvalue weighted by Gasteiger charge is 2.30. The summed E-state index contributed by atoms with van der Waals surface area (Å²) in [5, 5.41) is 3.00. The molecule has 1 N–H and O–H groups in total. The number of sulfone groups is 1. The van der Waals surface area contributed by atoms with Crippen molar-refractivity contribution in [2.75, 3.05) is 30.9 Å². The second kappa shape index (κ2) is 5.24. The molecule has 0 saturated carbocycles. The number of anilines is 1. The Balaban J connectivity index is 2.01. The number of nitrogens with one attached hydrogen (secondary N) is 1. The van der Waals surface area contributed by atoms with Gasteiger partial charge in [0.2, 0.25) is 0 Å². The Morgan fingerprint density at radius 1 is 1.50 bits per heavy atom. The van der Waals surface area contributed by atoms with Crippen LogP contribution in [0, 0.1) is 0 Å². The topological polar surface area (TPSA) is 62.3 Å². The smallest absolute Gasteiger partial charge is 0.151 e. The minimum Gasteiger partial charge on any atom is -0.373 e. The molecule has 100 valence electrons. The lowest BCUT2D eigenvalue weighted by molar-refractivity contribution is 0.251. The molecule has 5 nitrogen and oxygen atoms in total. The normalized spacial score (nSPS) is 22.3. The number of aromatic nitrogens is 1. The quantitative estimate of drug-likeness (QED) is 0.873. The summed E-state index contributed by atoms with van der Waals surface area (Å²) in [5.74, 6) is 1.42. The van der Waals surface area contributed by atoms with Gasteiger partial charge in [0.1, 0.15) is 5.82 Å². The van der Waals surface area contributed by atoms with Gasteiger partial charge in [0.15, 0.2) is 9.84 Å². The fraction of sp³-hybridized carbons (Fsp3) is 0.583. The summed E-state index contributed by atoms with van der Waals surface area (Å²) in [5.41, 5.74) is 0.952. The zero-order chi connectivity index (χ0) is 13.2. The fourth-order valence-corrected chi connectivity index (χ4v) is 4.02. The van der Waals surface area contributed by atoms with Gasteiger partial charge < -0.3 is 5.32 Å². The molecule has 0 bridgehead atoms. The van der Waals surface area contributed by atoms with E-state index in [9.17, 15) is 8.42 Å². The lowest BCUT2D eigenvalue weighted by atomic mass is 10.2. The van der Waals surface area contributed by atoms with Gasteiger partial charge in [-0.25, -0.2) is 13.4 Å². The van der Waals surface area contributed by atoms with Crippen molar-refractivity contribution in [3.05, 3.63) is 23.9 Å². The van der Waals surface area contributed by atoms with Gasteiger partial charge in [0, 0.05) is 19.6 Å². The number of hydrogen-bond donors (Lipinski definition) is 1. The number of rotatable bonds is 4. The van der Waals surface area contributed by atoms with Crippen LogP contribution in [0.2, 0.25) is 0 Å². The highest BCUT2D eigenvalue weighted by atomic mass is 32.2. The van der Waals surface area contributed by atoms with E-state index in [1.807, 2.05) is 32.3 Å². The second-order valence-electron chi connectivity index (χ2n) is 4.74. The van der Waals surface area contributed by atoms with Crippen molar-refractivity contribution in [3.63, 3.8) is 0 Å². The maximum Gasteiger partial charge on any atom is 0.151 e. The molecule has 0 amide bonds. The van der Waals surface area contributed by atoms with Gasteiger partial charge in [0.25, 0.3) is 0 Å². The molecule has 1 fully saturated rings. The molecule has 6 heteroatoms. The highest BCUT2D eigenvalue weighted by molar-refractivity contribution is 7.91. The van der Waals surface area contributed by atoms with Crippen LogP contribution in [0.4, 0.5) is 5.82 Å². The van der Waals surface area contributed by atoms with Crippen LogP contribution in [0.25, 0.3) is 0 Å². The average Bonchev–Trinajstić information content (AvgIpc) is 2.70. The zero-order valence-electron chi connectivity index (χ0n) is 10.8. The molecule has 1 aromatic rings.